The highest BCUT2D eigenvalue weighted by molar-refractivity contribution is 5.89. The van der Waals surface area contributed by atoms with E-state index in [1.54, 1.807) is 25.1 Å². The van der Waals surface area contributed by atoms with E-state index < -0.39 is 5.97 Å². The van der Waals surface area contributed by atoms with Gasteiger partial charge in [0.25, 0.3) is 0 Å². The first-order valence-corrected chi connectivity index (χ1v) is 4.68. The summed E-state index contributed by atoms with van der Waals surface area (Å²) in [4.78, 5) is 11.4. The van der Waals surface area contributed by atoms with Crippen LogP contribution in [0, 0.1) is 0 Å². The summed E-state index contributed by atoms with van der Waals surface area (Å²) in [5.41, 5.74) is 0.313. The lowest BCUT2D eigenvalue weighted by molar-refractivity contribution is -0.130. The van der Waals surface area contributed by atoms with Crippen molar-refractivity contribution in [1.29, 1.82) is 0 Å². The Labute approximate surface area is 94.4 Å². The van der Waals surface area contributed by atoms with Crippen LogP contribution in [-0.4, -0.2) is 20.2 Å². The largest absolute Gasteiger partial charge is 0.493 e. The summed E-state index contributed by atoms with van der Waals surface area (Å²) in [6.07, 6.45) is 0. The second kappa shape index (κ2) is 5.21. The van der Waals surface area contributed by atoms with Crippen LogP contribution in [0.25, 0.3) is 0 Å². The van der Waals surface area contributed by atoms with Crippen molar-refractivity contribution in [3.05, 3.63) is 30.4 Å². The quantitative estimate of drug-likeness (QED) is 0.445. The molecule has 0 aliphatic heterocycles. The summed E-state index contributed by atoms with van der Waals surface area (Å²) in [6.45, 7) is 5.08. The molecule has 0 saturated carbocycles. The first-order chi connectivity index (χ1) is 7.60. The summed E-state index contributed by atoms with van der Waals surface area (Å²) in [5.74, 6) is 0.631. The minimum Gasteiger partial charge on any atom is -0.493 e. The second-order valence-electron chi connectivity index (χ2n) is 3.16. The highest BCUT2D eigenvalue weighted by atomic mass is 16.6. The molecule has 86 valence electrons. The van der Waals surface area contributed by atoms with Crippen LogP contribution in [-0.2, 0) is 4.79 Å². The van der Waals surface area contributed by atoms with Crippen LogP contribution in [0.2, 0.25) is 0 Å². The number of hydrogen-bond acceptors (Lipinski definition) is 4. The molecule has 0 spiro atoms. The van der Waals surface area contributed by atoms with Crippen LogP contribution in [0.5, 0.6) is 17.2 Å². The lowest BCUT2D eigenvalue weighted by Crippen LogP contribution is -2.10. The number of carbonyl (C=O) groups excluding carboxylic acids is 1. The number of hydrogen-bond donors (Lipinski definition) is 0. The maximum atomic E-state index is 11.4. The molecular formula is C12H14O4. The molecule has 1 aromatic rings. The van der Waals surface area contributed by atoms with Gasteiger partial charge < -0.3 is 14.2 Å². The van der Waals surface area contributed by atoms with Gasteiger partial charge in [-0.05, 0) is 19.1 Å². The van der Waals surface area contributed by atoms with Crippen molar-refractivity contribution in [3.8, 4) is 17.2 Å². The predicted molar refractivity (Wildman–Crippen MR) is 60.0 cm³/mol. The van der Waals surface area contributed by atoms with E-state index in [1.165, 1.54) is 14.2 Å². The molecule has 0 N–H and O–H groups in total. The fraction of sp³-hybridized carbons (Fsp3) is 0.250. The van der Waals surface area contributed by atoms with Gasteiger partial charge in [-0.25, -0.2) is 4.79 Å². The summed E-state index contributed by atoms with van der Waals surface area (Å²) < 4.78 is 15.3. The number of benzene rings is 1. The molecule has 0 aromatic heterocycles. The van der Waals surface area contributed by atoms with Gasteiger partial charge in [0, 0.05) is 5.57 Å². The number of esters is 1. The Kier molecular flexibility index (Phi) is 3.94. The number of carbonyl (C=O) groups is 1. The first-order valence-electron chi connectivity index (χ1n) is 4.68. The lowest BCUT2D eigenvalue weighted by Gasteiger charge is -2.12. The molecule has 0 aliphatic rings. The molecule has 0 radical (unpaired) electrons. The minimum absolute atomic E-state index is 0.264. The van der Waals surface area contributed by atoms with Crippen LogP contribution in [0.15, 0.2) is 30.4 Å². The highest BCUT2D eigenvalue weighted by Crippen LogP contribution is 2.37. The van der Waals surface area contributed by atoms with Gasteiger partial charge in [0.1, 0.15) is 0 Å². The SMILES string of the molecule is C=C(C)C(=O)Oc1c(OC)cccc1OC. The molecule has 0 aliphatic carbocycles. The van der Waals surface area contributed by atoms with Crippen LogP contribution in [0.3, 0.4) is 0 Å². The third kappa shape index (κ3) is 2.53. The van der Waals surface area contributed by atoms with Crippen molar-refractivity contribution in [2.45, 2.75) is 6.92 Å². The van der Waals surface area contributed by atoms with Crippen molar-refractivity contribution in [2.75, 3.05) is 14.2 Å². The average Bonchev–Trinajstić information content (AvgIpc) is 2.29. The van der Waals surface area contributed by atoms with E-state index in [0.29, 0.717) is 17.1 Å². The zero-order chi connectivity index (χ0) is 12.1. The predicted octanol–water partition coefficient (Wildman–Crippen LogP) is 2.19. The number of methoxy groups -OCH3 is 2. The van der Waals surface area contributed by atoms with Crippen molar-refractivity contribution in [1.82, 2.24) is 0 Å². The Morgan fingerprint density at radius 3 is 2.06 bits per heavy atom. The summed E-state index contributed by atoms with van der Waals surface area (Å²) >= 11 is 0. The normalized spacial score (nSPS) is 9.44. The van der Waals surface area contributed by atoms with E-state index in [9.17, 15) is 4.79 Å². The molecule has 0 heterocycles. The molecule has 0 atom stereocenters. The van der Waals surface area contributed by atoms with Crippen LogP contribution < -0.4 is 14.2 Å². The zero-order valence-electron chi connectivity index (χ0n) is 9.57. The van der Waals surface area contributed by atoms with Gasteiger partial charge in [-0.15, -0.1) is 0 Å². The van der Waals surface area contributed by atoms with Crippen molar-refractivity contribution in [3.63, 3.8) is 0 Å². The van der Waals surface area contributed by atoms with E-state index in [4.69, 9.17) is 14.2 Å². The van der Waals surface area contributed by atoms with Crippen molar-refractivity contribution >= 4 is 5.97 Å². The van der Waals surface area contributed by atoms with Gasteiger partial charge in [0.2, 0.25) is 5.75 Å². The molecule has 0 fully saturated rings. The molecule has 1 aromatic carbocycles. The van der Waals surface area contributed by atoms with Crippen molar-refractivity contribution in [2.24, 2.45) is 0 Å². The molecule has 4 heteroatoms. The second-order valence-corrected chi connectivity index (χ2v) is 3.16. The monoisotopic (exact) mass is 222 g/mol. The van der Waals surface area contributed by atoms with Crippen LogP contribution >= 0.6 is 0 Å². The van der Waals surface area contributed by atoms with Gasteiger partial charge in [0.05, 0.1) is 14.2 Å². The Morgan fingerprint density at radius 1 is 1.19 bits per heavy atom. The number of rotatable bonds is 4. The van der Waals surface area contributed by atoms with E-state index in [1.807, 2.05) is 0 Å². The highest BCUT2D eigenvalue weighted by Gasteiger charge is 2.15. The van der Waals surface area contributed by atoms with Crippen LogP contribution in [0.4, 0.5) is 0 Å². The minimum atomic E-state index is -0.511. The Balaban J connectivity index is 3.09. The maximum Gasteiger partial charge on any atom is 0.338 e. The molecule has 0 saturated heterocycles. The lowest BCUT2D eigenvalue weighted by atomic mass is 10.3. The Hall–Kier alpha value is -1.97. The molecule has 1 rings (SSSR count). The van der Waals surface area contributed by atoms with E-state index in [0.717, 1.165) is 0 Å². The van der Waals surface area contributed by atoms with E-state index in [2.05, 4.69) is 6.58 Å². The van der Waals surface area contributed by atoms with Gasteiger partial charge in [-0.2, -0.15) is 0 Å². The van der Waals surface area contributed by atoms with Gasteiger partial charge in [-0.1, -0.05) is 12.6 Å². The average molecular weight is 222 g/mol. The molecule has 4 nitrogen and oxygen atoms in total. The standard InChI is InChI=1S/C12H14O4/c1-8(2)12(13)16-11-9(14-3)6-5-7-10(11)15-4/h5-7H,1H2,2-4H3. The first kappa shape index (κ1) is 12.1. The van der Waals surface area contributed by atoms with Crippen LogP contribution in [0.1, 0.15) is 6.92 Å². The summed E-state index contributed by atoms with van der Waals surface area (Å²) in [6, 6.07) is 5.11. The molecular weight excluding hydrogens is 208 g/mol. The van der Waals surface area contributed by atoms with Gasteiger partial charge in [0.15, 0.2) is 11.5 Å². The van der Waals surface area contributed by atoms with Gasteiger partial charge in [-0.3, -0.25) is 0 Å². The zero-order valence-corrected chi connectivity index (χ0v) is 9.57. The third-order valence-corrected chi connectivity index (χ3v) is 1.93. The number of ether oxygens (including phenoxy) is 3. The van der Waals surface area contributed by atoms with Crippen molar-refractivity contribution < 1.29 is 19.0 Å². The molecule has 0 unspecified atom stereocenters. The third-order valence-electron chi connectivity index (χ3n) is 1.93. The van der Waals surface area contributed by atoms with Gasteiger partial charge >= 0.3 is 5.97 Å². The smallest absolute Gasteiger partial charge is 0.338 e. The molecule has 0 bridgehead atoms. The summed E-state index contributed by atoms with van der Waals surface area (Å²) in [5, 5.41) is 0. The number of para-hydroxylation sites is 1. The Bertz CT molecular complexity index is 387. The fourth-order valence-corrected chi connectivity index (χ4v) is 1.10. The van der Waals surface area contributed by atoms with E-state index in [-0.39, 0.29) is 5.75 Å². The maximum absolute atomic E-state index is 11.4. The molecule has 16 heavy (non-hydrogen) atoms. The molecule has 0 amide bonds. The fourth-order valence-electron chi connectivity index (χ4n) is 1.10. The Morgan fingerprint density at radius 2 is 1.69 bits per heavy atom. The summed E-state index contributed by atoms with van der Waals surface area (Å²) in [7, 11) is 2.99. The topological polar surface area (TPSA) is 44.8 Å². The van der Waals surface area contributed by atoms with E-state index >= 15 is 0 Å².